The van der Waals surface area contributed by atoms with Crippen LogP contribution in [0.15, 0.2) is 85.5 Å². The van der Waals surface area contributed by atoms with E-state index >= 15 is 0 Å². The molecule has 1 heterocycles. The maximum Gasteiger partial charge on any atom is 0.407 e. The van der Waals surface area contributed by atoms with Gasteiger partial charge in [0.15, 0.2) is 0 Å². The van der Waals surface area contributed by atoms with E-state index in [9.17, 15) is 24.0 Å². The van der Waals surface area contributed by atoms with Crippen LogP contribution >= 0.6 is 0 Å². The van der Waals surface area contributed by atoms with Gasteiger partial charge in [-0.1, -0.05) is 78.4 Å². The highest BCUT2D eigenvalue weighted by Gasteiger charge is 2.39. The van der Waals surface area contributed by atoms with Gasteiger partial charge in [-0.25, -0.2) is 14.4 Å². The number of rotatable bonds is 10. The molecule has 1 aliphatic heterocycles. The third kappa shape index (κ3) is 5.58. The molecule has 1 atom stereocenters. The number of benzene rings is 3. The predicted octanol–water partition coefficient (Wildman–Crippen LogP) is 4.16. The predicted molar refractivity (Wildman–Crippen MR) is 145 cm³/mol. The molecule has 0 aromatic heterocycles. The van der Waals surface area contributed by atoms with Crippen LogP contribution in [0.25, 0.3) is 11.1 Å². The zero-order chi connectivity index (χ0) is 28.9. The lowest BCUT2D eigenvalue weighted by Gasteiger charge is -2.19. The molecule has 0 radical (unpaired) electrons. The molecule has 1 aliphatic carbocycles. The Morgan fingerprint density at radius 2 is 1.37 bits per heavy atom. The van der Waals surface area contributed by atoms with E-state index in [1.807, 2.05) is 48.5 Å². The lowest BCUT2D eigenvalue weighted by molar-refractivity contribution is -0.168. The molecule has 41 heavy (non-hydrogen) atoms. The van der Waals surface area contributed by atoms with Crippen molar-refractivity contribution in [1.29, 1.82) is 0 Å². The maximum atomic E-state index is 12.8. The summed E-state index contributed by atoms with van der Waals surface area (Å²) in [5.41, 5.74) is 4.43. The van der Waals surface area contributed by atoms with E-state index in [1.54, 1.807) is 12.1 Å². The fraction of sp³-hybridized carbons (Fsp3) is 0.194. The van der Waals surface area contributed by atoms with Crippen LogP contribution in [0.2, 0.25) is 0 Å². The molecule has 2 aliphatic rings. The normalized spacial score (nSPS) is 14.0. The Kier molecular flexibility index (Phi) is 7.91. The fourth-order valence-corrected chi connectivity index (χ4v) is 4.93. The Bertz CT molecular complexity index is 1470. The third-order valence-corrected chi connectivity index (χ3v) is 6.85. The van der Waals surface area contributed by atoms with Crippen molar-refractivity contribution < 1.29 is 38.3 Å². The van der Waals surface area contributed by atoms with E-state index < -0.39 is 42.3 Å². The van der Waals surface area contributed by atoms with Crippen molar-refractivity contribution in [3.8, 4) is 11.1 Å². The van der Waals surface area contributed by atoms with Gasteiger partial charge in [0.05, 0.1) is 17.5 Å². The summed E-state index contributed by atoms with van der Waals surface area (Å²) >= 11 is 0. The molecule has 10 nitrogen and oxygen atoms in total. The molecule has 0 spiro atoms. The Labute approximate surface area is 235 Å². The van der Waals surface area contributed by atoms with Gasteiger partial charge in [-0.2, -0.15) is 0 Å². The number of esters is 1. The second-order valence-corrected chi connectivity index (χ2v) is 9.39. The summed E-state index contributed by atoms with van der Waals surface area (Å²) in [6.45, 7) is 3.41. The number of nitrogens with one attached hydrogen (secondary N) is 1. The first kappa shape index (κ1) is 27.3. The van der Waals surface area contributed by atoms with Crippen molar-refractivity contribution in [3.05, 3.63) is 108 Å². The van der Waals surface area contributed by atoms with Gasteiger partial charge in [-0.3, -0.25) is 9.59 Å². The molecule has 208 valence electrons. The molecule has 0 bridgehead atoms. The molecule has 10 heteroatoms. The molecule has 0 saturated carbocycles. The van der Waals surface area contributed by atoms with Gasteiger partial charge in [-0.15, -0.1) is 0 Å². The van der Waals surface area contributed by atoms with Crippen LogP contribution in [-0.4, -0.2) is 54.2 Å². The first-order chi connectivity index (χ1) is 19.9. The number of hydrogen-bond donors (Lipinski definition) is 1. The van der Waals surface area contributed by atoms with E-state index in [4.69, 9.17) is 14.3 Å². The monoisotopic (exact) mass is 554 g/mol. The van der Waals surface area contributed by atoms with Crippen LogP contribution in [-0.2, 0) is 23.9 Å². The van der Waals surface area contributed by atoms with Crippen LogP contribution in [0.1, 0.15) is 50.6 Å². The number of fused-ring (bicyclic) bond motifs is 4. The zero-order valence-corrected chi connectivity index (χ0v) is 21.9. The fourth-order valence-electron chi connectivity index (χ4n) is 4.93. The van der Waals surface area contributed by atoms with Crippen LogP contribution in [0, 0.1) is 0 Å². The second kappa shape index (κ2) is 11.9. The molecular weight excluding hydrogens is 528 g/mol. The summed E-state index contributed by atoms with van der Waals surface area (Å²) in [6.07, 6.45) is -0.160. The van der Waals surface area contributed by atoms with E-state index in [-0.39, 0.29) is 36.7 Å². The summed E-state index contributed by atoms with van der Waals surface area (Å²) in [5.74, 6) is -3.48. The van der Waals surface area contributed by atoms with E-state index in [2.05, 4.69) is 11.9 Å². The SMILES string of the molecule is C=CCOC(=O)[C@H](CCC(=O)ON1C(=O)c2ccccc2C1=O)NC(=O)OCC1c2ccccc2-c2ccccc21. The van der Waals surface area contributed by atoms with Crippen molar-refractivity contribution in [1.82, 2.24) is 10.4 Å². The topological polar surface area (TPSA) is 128 Å². The highest BCUT2D eigenvalue weighted by atomic mass is 16.7. The van der Waals surface area contributed by atoms with Gasteiger partial charge in [0.2, 0.25) is 0 Å². The van der Waals surface area contributed by atoms with Gasteiger partial charge >= 0.3 is 18.0 Å². The van der Waals surface area contributed by atoms with Gasteiger partial charge in [0.25, 0.3) is 11.8 Å². The number of imide groups is 1. The second-order valence-electron chi connectivity index (χ2n) is 9.39. The smallest absolute Gasteiger partial charge is 0.407 e. The lowest BCUT2D eigenvalue weighted by atomic mass is 9.98. The molecule has 3 aromatic rings. The number of nitrogens with zero attached hydrogens (tertiary/aromatic N) is 1. The number of hydroxylamine groups is 2. The number of alkyl carbamates (subject to hydrolysis) is 1. The molecule has 0 unspecified atom stereocenters. The standard InChI is InChI=1S/C31H26N2O8/c1-2-17-39-30(37)26(15-16-27(34)41-33-28(35)23-13-7-8-14-24(23)29(33)36)32-31(38)40-18-25-21-11-5-3-9-19(21)20-10-4-6-12-22(20)25/h2-14,25-26H,1,15-18H2,(H,32,38)/t26-/m0/s1. The average molecular weight is 555 g/mol. The molecular formula is C31H26N2O8. The van der Waals surface area contributed by atoms with Crippen LogP contribution in [0.4, 0.5) is 4.79 Å². The quantitative estimate of drug-likeness (QED) is 0.225. The molecule has 0 saturated heterocycles. The van der Waals surface area contributed by atoms with E-state index in [0.717, 1.165) is 22.3 Å². The molecule has 3 aromatic carbocycles. The Morgan fingerprint density at radius 1 is 0.829 bits per heavy atom. The largest absolute Gasteiger partial charge is 0.460 e. The minimum absolute atomic E-state index is 0.0239. The van der Waals surface area contributed by atoms with Crippen LogP contribution < -0.4 is 5.32 Å². The van der Waals surface area contributed by atoms with Gasteiger partial charge in [-0.05, 0) is 40.8 Å². The molecule has 5 rings (SSSR count). The van der Waals surface area contributed by atoms with Crippen molar-refractivity contribution in [2.45, 2.75) is 24.8 Å². The summed E-state index contributed by atoms with van der Waals surface area (Å²) in [6, 6.07) is 20.5. The minimum atomic E-state index is -1.26. The number of amides is 3. The summed E-state index contributed by atoms with van der Waals surface area (Å²) in [5, 5.41) is 2.84. The van der Waals surface area contributed by atoms with Crippen LogP contribution in [0.5, 0.6) is 0 Å². The first-order valence-corrected chi connectivity index (χ1v) is 13.0. The minimum Gasteiger partial charge on any atom is -0.460 e. The Balaban J connectivity index is 1.20. The zero-order valence-electron chi connectivity index (χ0n) is 21.9. The van der Waals surface area contributed by atoms with Crippen LogP contribution in [0.3, 0.4) is 0 Å². The van der Waals surface area contributed by atoms with Gasteiger partial charge in [0, 0.05) is 5.92 Å². The number of carbonyl (C=O) groups is 5. The number of ether oxygens (including phenoxy) is 2. The van der Waals surface area contributed by atoms with Crippen molar-refractivity contribution >= 4 is 29.8 Å². The molecule has 1 N–H and O–H groups in total. The van der Waals surface area contributed by atoms with E-state index in [1.165, 1.54) is 18.2 Å². The first-order valence-electron chi connectivity index (χ1n) is 13.0. The highest BCUT2D eigenvalue weighted by Crippen LogP contribution is 2.44. The summed E-state index contributed by atoms with van der Waals surface area (Å²) in [7, 11) is 0. The Hall–Kier alpha value is -5.25. The van der Waals surface area contributed by atoms with Crippen molar-refractivity contribution in [3.63, 3.8) is 0 Å². The average Bonchev–Trinajstić information content (AvgIpc) is 3.44. The number of carbonyl (C=O) groups excluding carboxylic acids is 5. The number of hydrogen-bond acceptors (Lipinski definition) is 8. The van der Waals surface area contributed by atoms with Crippen molar-refractivity contribution in [2.75, 3.05) is 13.2 Å². The van der Waals surface area contributed by atoms with Gasteiger partial charge < -0.3 is 19.6 Å². The van der Waals surface area contributed by atoms with Crippen molar-refractivity contribution in [2.24, 2.45) is 0 Å². The molecule has 3 amide bonds. The maximum absolute atomic E-state index is 12.8. The summed E-state index contributed by atoms with van der Waals surface area (Å²) in [4.78, 5) is 67.8. The Morgan fingerprint density at radius 3 is 1.93 bits per heavy atom. The van der Waals surface area contributed by atoms with E-state index in [0.29, 0.717) is 5.06 Å². The summed E-state index contributed by atoms with van der Waals surface area (Å²) < 4.78 is 10.6. The lowest BCUT2D eigenvalue weighted by Crippen LogP contribution is -2.43. The highest BCUT2D eigenvalue weighted by molar-refractivity contribution is 6.20. The third-order valence-electron chi connectivity index (χ3n) is 6.85. The molecule has 0 fully saturated rings. The van der Waals surface area contributed by atoms with Gasteiger partial charge in [0.1, 0.15) is 19.3 Å².